The lowest BCUT2D eigenvalue weighted by molar-refractivity contribution is -0.145. The highest BCUT2D eigenvalue weighted by atomic mass is 35.5. The number of hydrogen-bond acceptors (Lipinski definition) is 7. The first-order valence-electron chi connectivity index (χ1n) is 6.72. The molecule has 0 aromatic carbocycles. The lowest BCUT2D eigenvalue weighted by Crippen LogP contribution is -2.41. The van der Waals surface area contributed by atoms with Crippen molar-refractivity contribution in [2.45, 2.75) is 25.0 Å². The molecule has 10 heteroatoms. The summed E-state index contributed by atoms with van der Waals surface area (Å²) >= 11 is 6.90. The lowest BCUT2D eigenvalue weighted by Gasteiger charge is -2.19. The Morgan fingerprint density at radius 3 is 2.57 bits per heavy atom. The van der Waals surface area contributed by atoms with E-state index in [1.54, 1.807) is 12.1 Å². The van der Waals surface area contributed by atoms with Crippen LogP contribution in [0.4, 0.5) is 0 Å². The van der Waals surface area contributed by atoms with Gasteiger partial charge in [-0.15, -0.1) is 11.3 Å². The fourth-order valence-electron chi connectivity index (χ4n) is 2.52. The number of ether oxygens (including phenoxy) is 1. The summed E-state index contributed by atoms with van der Waals surface area (Å²) in [6.07, 6.45) is 0.526. The molecule has 0 spiro atoms. The summed E-state index contributed by atoms with van der Waals surface area (Å²) in [4.78, 5) is 24.3. The molecule has 1 heterocycles. The van der Waals surface area contributed by atoms with E-state index in [9.17, 15) is 18.0 Å². The van der Waals surface area contributed by atoms with E-state index in [0.717, 1.165) is 17.6 Å². The lowest BCUT2D eigenvalue weighted by atomic mass is 10.1. The van der Waals surface area contributed by atoms with Gasteiger partial charge in [0.05, 0.1) is 40.6 Å². The van der Waals surface area contributed by atoms with Crippen molar-refractivity contribution in [1.29, 1.82) is 0 Å². The van der Waals surface area contributed by atoms with Crippen LogP contribution in [0.3, 0.4) is 0 Å². The van der Waals surface area contributed by atoms with E-state index in [0.29, 0.717) is 9.21 Å². The molecule has 0 aliphatic heterocycles. The van der Waals surface area contributed by atoms with E-state index in [1.165, 1.54) is 7.11 Å². The average Bonchev–Trinajstić information content (AvgIpc) is 3.03. The highest BCUT2D eigenvalue weighted by Crippen LogP contribution is 2.31. The van der Waals surface area contributed by atoms with Gasteiger partial charge in [-0.25, -0.2) is 0 Å². The molecule has 0 radical (unpaired) electrons. The predicted octanol–water partition coefficient (Wildman–Crippen LogP) is 1.43. The van der Waals surface area contributed by atoms with Gasteiger partial charge in [-0.05, 0) is 25.0 Å². The number of nitrogens with one attached hydrogen (secondary N) is 1. The van der Waals surface area contributed by atoms with Gasteiger partial charge in [0.2, 0.25) is 0 Å². The van der Waals surface area contributed by atoms with Gasteiger partial charge in [-0.2, -0.15) is 8.42 Å². The van der Waals surface area contributed by atoms with Crippen LogP contribution in [-0.2, 0) is 23.8 Å². The van der Waals surface area contributed by atoms with Crippen LogP contribution >= 0.6 is 22.9 Å². The molecule has 23 heavy (non-hydrogen) atoms. The Hall–Kier alpha value is -1.16. The predicted molar refractivity (Wildman–Crippen MR) is 85.0 cm³/mol. The number of amides is 1. The molecule has 0 saturated heterocycles. The summed E-state index contributed by atoms with van der Waals surface area (Å²) in [5, 5.41) is 2.71. The zero-order chi connectivity index (χ0) is 17.2. The second-order valence-corrected chi connectivity index (χ2v) is 8.53. The Morgan fingerprint density at radius 1 is 1.35 bits per heavy atom. The molecular formula is C13H16ClNO6S2. The maximum absolute atomic E-state index is 12.2. The minimum absolute atomic E-state index is 0.163. The zero-order valence-corrected chi connectivity index (χ0v) is 14.8. The van der Waals surface area contributed by atoms with Gasteiger partial charge in [0, 0.05) is 0 Å². The molecule has 1 aromatic heterocycles. The summed E-state index contributed by atoms with van der Waals surface area (Å²) in [7, 11) is -2.46. The van der Waals surface area contributed by atoms with Gasteiger partial charge < -0.3 is 10.1 Å². The second-order valence-electron chi connectivity index (χ2n) is 5.21. The number of esters is 1. The van der Waals surface area contributed by atoms with Crippen molar-refractivity contribution in [2.75, 3.05) is 13.4 Å². The first-order chi connectivity index (χ1) is 10.7. The molecule has 1 fully saturated rings. The Kier molecular flexibility index (Phi) is 5.66. The van der Waals surface area contributed by atoms with E-state index < -0.39 is 34.2 Å². The number of hydrogen-bond donors (Lipinski definition) is 1. The molecule has 2 rings (SSSR count). The summed E-state index contributed by atoms with van der Waals surface area (Å²) < 4.78 is 32.9. The molecule has 3 unspecified atom stereocenters. The normalized spacial score (nSPS) is 24.4. The Labute approximate surface area is 143 Å². The molecule has 3 atom stereocenters. The van der Waals surface area contributed by atoms with Gasteiger partial charge in [0.1, 0.15) is 0 Å². The Balaban J connectivity index is 2.12. The molecule has 1 saturated carbocycles. The quantitative estimate of drug-likeness (QED) is 0.612. The summed E-state index contributed by atoms with van der Waals surface area (Å²) in [6, 6.07) is 2.56. The van der Waals surface area contributed by atoms with Gasteiger partial charge >= 0.3 is 5.97 Å². The third-order valence-corrected chi connectivity index (χ3v) is 5.28. The van der Waals surface area contributed by atoms with Crippen LogP contribution in [0, 0.1) is 5.92 Å². The van der Waals surface area contributed by atoms with Gasteiger partial charge in [0.15, 0.2) is 0 Å². The smallest absolute Gasteiger partial charge is 0.308 e. The first-order valence-corrected chi connectivity index (χ1v) is 9.73. The summed E-state index contributed by atoms with van der Waals surface area (Å²) in [5.74, 6) is -1.37. The largest absolute Gasteiger partial charge is 0.469 e. The third-order valence-electron chi connectivity index (χ3n) is 3.45. The molecule has 1 aromatic rings. The van der Waals surface area contributed by atoms with Crippen molar-refractivity contribution in [3.05, 3.63) is 21.3 Å². The molecule has 0 bridgehead atoms. The monoisotopic (exact) mass is 381 g/mol. The SMILES string of the molecule is COC(=O)C1CC(NC(=O)c2ccc(Cl)s2)C(OS(C)(=O)=O)C1. The Bertz CT molecular complexity index is 701. The maximum atomic E-state index is 12.2. The number of carbonyl (C=O) groups excluding carboxylic acids is 2. The number of carbonyl (C=O) groups is 2. The number of thiophene rings is 1. The highest BCUT2D eigenvalue weighted by molar-refractivity contribution is 7.86. The number of halogens is 1. The van der Waals surface area contributed by atoms with Crippen molar-refractivity contribution >= 4 is 44.9 Å². The van der Waals surface area contributed by atoms with Crippen LogP contribution in [0.5, 0.6) is 0 Å². The van der Waals surface area contributed by atoms with Crippen molar-refractivity contribution in [2.24, 2.45) is 5.92 Å². The average molecular weight is 382 g/mol. The zero-order valence-electron chi connectivity index (χ0n) is 12.4. The van der Waals surface area contributed by atoms with E-state index in [1.807, 2.05) is 0 Å². The summed E-state index contributed by atoms with van der Waals surface area (Å²) in [5.41, 5.74) is 0. The molecular weight excluding hydrogens is 366 g/mol. The standard InChI is InChI=1S/C13H16ClNO6S2/c1-20-13(17)7-5-8(9(6-7)21-23(2,18)19)15-12(16)10-3-4-11(14)22-10/h3-4,7-9H,5-6H2,1-2H3,(H,15,16). The van der Waals surface area contributed by atoms with Gasteiger partial charge in [-0.3, -0.25) is 13.8 Å². The molecule has 1 aliphatic rings. The van der Waals surface area contributed by atoms with Crippen LogP contribution in [0.25, 0.3) is 0 Å². The third kappa shape index (κ3) is 4.90. The minimum atomic E-state index is -3.71. The van der Waals surface area contributed by atoms with Crippen molar-refractivity contribution in [1.82, 2.24) is 5.32 Å². The Morgan fingerprint density at radius 2 is 2.04 bits per heavy atom. The van der Waals surface area contributed by atoms with E-state index in [2.05, 4.69) is 10.1 Å². The number of rotatable bonds is 5. The summed E-state index contributed by atoms with van der Waals surface area (Å²) in [6.45, 7) is 0. The maximum Gasteiger partial charge on any atom is 0.308 e. The molecule has 128 valence electrons. The van der Waals surface area contributed by atoms with E-state index >= 15 is 0 Å². The van der Waals surface area contributed by atoms with E-state index in [-0.39, 0.29) is 18.7 Å². The van der Waals surface area contributed by atoms with E-state index in [4.69, 9.17) is 15.8 Å². The molecule has 1 N–H and O–H groups in total. The van der Waals surface area contributed by atoms with Crippen LogP contribution in [-0.4, -0.2) is 45.8 Å². The molecule has 1 aliphatic carbocycles. The van der Waals surface area contributed by atoms with Gasteiger partial charge in [0.25, 0.3) is 16.0 Å². The van der Waals surface area contributed by atoms with Crippen LogP contribution in [0.1, 0.15) is 22.5 Å². The van der Waals surface area contributed by atoms with Crippen LogP contribution < -0.4 is 5.32 Å². The molecule has 1 amide bonds. The van der Waals surface area contributed by atoms with Crippen LogP contribution in [0.15, 0.2) is 12.1 Å². The topological polar surface area (TPSA) is 98.8 Å². The van der Waals surface area contributed by atoms with Crippen molar-refractivity contribution in [3.8, 4) is 0 Å². The number of methoxy groups -OCH3 is 1. The highest BCUT2D eigenvalue weighted by Gasteiger charge is 2.41. The second kappa shape index (κ2) is 7.16. The van der Waals surface area contributed by atoms with Gasteiger partial charge in [-0.1, -0.05) is 11.6 Å². The molecule has 7 nitrogen and oxygen atoms in total. The van der Waals surface area contributed by atoms with Crippen molar-refractivity contribution < 1.29 is 26.9 Å². The van der Waals surface area contributed by atoms with Crippen molar-refractivity contribution in [3.63, 3.8) is 0 Å². The fourth-order valence-corrected chi connectivity index (χ4v) is 4.12. The first kappa shape index (κ1) is 18.2. The van der Waals surface area contributed by atoms with Crippen LogP contribution in [0.2, 0.25) is 4.34 Å². The fraction of sp³-hybridized carbons (Fsp3) is 0.538. The minimum Gasteiger partial charge on any atom is -0.469 e.